The molecule has 0 bridgehead atoms. The molecule has 0 amide bonds. The van der Waals surface area contributed by atoms with Crippen LogP contribution >= 0.6 is 11.6 Å². The molecule has 0 spiro atoms. The summed E-state index contributed by atoms with van der Waals surface area (Å²) in [5.74, 6) is 0.490. The van der Waals surface area contributed by atoms with Crippen molar-refractivity contribution in [3.05, 3.63) is 22.7 Å². The Morgan fingerprint density at radius 2 is 2.13 bits per heavy atom. The van der Waals surface area contributed by atoms with Gasteiger partial charge < -0.3 is 15.6 Å². The summed E-state index contributed by atoms with van der Waals surface area (Å²) in [5, 5.41) is 9.97. The summed E-state index contributed by atoms with van der Waals surface area (Å²) in [7, 11) is 1.53. The van der Waals surface area contributed by atoms with Gasteiger partial charge in [-0.1, -0.05) is 17.7 Å². The first-order valence-corrected chi connectivity index (χ1v) is 5.33. The number of aryl methyl sites for hydroxylation is 1. The number of phenols is 1. The van der Waals surface area contributed by atoms with E-state index in [4.69, 9.17) is 22.1 Å². The van der Waals surface area contributed by atoms with Crippen molar-refractivity contribution in [2.45, 2.75) is 19.3 Å². The number of rotatable bonds is 5. The minimum atomic E-state index is 0.0180. The second kappa shape index (κ2) is 5.83. The summed E-state index contributed by atoms with van der Waals surface area (Å²) in [6.07, 6.45) is 2.78. The van der Waals surface area contributed by atoms with Gasteiger partial charge in [-0.3, -0.25) is 0 Å². The Hall–Kier alpha value is -0.930. The van der Waals surface area contributed by atoms with E-state index in [9.17, 15) is 5.11 Å². The normalized spacial score (nSPS) is 10.3. The van der Waals surface area contributed by atoms with Crippen molar-refractivity contribution in [3.8, 4) is 11.5 Å². The number of hydrogen-bond acceptors (Lipinski definition) is 3. The molecule has 3 nitrogen and oxygen atoms in total. The summed E-state index contributed by atoms with van der Waals surface area (Å²) in [5.41, 5.74) is 6.38. The summed E-state index contributed by atoms with van der Waals surface area (Å²) >= 11 is 5.78. The van der Waals surface area contributed by atoms with Crippen LogP contribution in [0.2, 0.25) is 5.02 Å². The summed E-state index contributed by atoms with van der Waals surface area (Å²) in [4.78, 5) is 0. The summed E-state index contributed by atoms with van der Waals surface area (Å²) < 4.78 is 5.12. The van der Waals surface area contributed by atoms with E-state index in [1.165, 1.54) is 7.11 Å². The minimum absolute atomic E-state index is 0.0180. The van der Waals surface area contributed by atoms with Crippen molar-refractivity contribution < 1.29 is 9.84 Å². The highest BCUT2D eigenvalue weighted by Crippen LogP contribution is 2.37. The molecule has 0 heterocycles. The van der Waals surface area contributed by atoms with E-state index in [1.807, 2.05) is 6.07 Å². The first-order chi connectivity index (χ1) is 7.20. The lowest BCUT2D eigenvalue weighted by molar-refractivity contribution is 0.369. The number of halogens is 1. The molecule has 0 aromatic heterocycles. The first-order valence-electron chi connectivity index (χ1n) is 4.95. The Morgan fingerprint density at radius 1 is 1.40 bits per heavy atom. The molecule has 84 valence electrons. The van der Waals surface area contributed by atoms with E-state index >= 15 is 0 Å². The maximum Gasteiger partial charge on any atom is 0.177 e. The van der Waals surface area contributed by atoms with Gasteiger partial charge >= 0.3 is 0 Å². The molecule has 0 fully saturated rings. The van der Waals surface area contributed by atoms with Crippen LogP contribution in [0.25, 0.3) is 0 Å². The molecule has 4 heteroatoms. The highest BCUT2D eigenvalue weighted by molar-refractivity contribution is 6.32. The lowest BCUT2D eigenvalue weighted by Gasteiger charge is -2.10. The number of nitrogens with two attached hydrogens (primary N) is 1. The molecule has 0 radical (unpaired) electrons. The number of phenolic OH excluding ortho intramolecular Hbond substituents is 1. The molecule has 0 aliphatic heterocycles. The second-order valence-corrected chi connectivity index (χ2v) is 3.74. The van der Waals surface area contributed by atoms with Gasteiger partial charge in [0, 0.05) is 0 Å². The molecule has 0 saturated carbocycles. The third-order valence-electron chi connectivity index (χ3n) is 2.27. The zero-order valence-corrected chi connectivity index (χ0v) is 9.55. The minimum Gasteiger partial charge on any atom is -0.503 e. The monoisotopic (exact) mass is 229 g/mol. The van der Waals surface area contributed by atoms with E-state index < -0.39 is 0 Å². The summed E-state index contributed by atoms with van der Waals surface area (Å²) in [6, 6.07) is 3.55. The smallest absolute Gasteiger partial charge is 0.177 e. The van der Waals surface area contributed by atoms with Crippen molar-refractivity contribution in [3.63, 3.8) is 0 Å². The molecule has 15 heavy (non-hydrogen) atoms. The van der Waals surface area contributed by atoms with Gasteiger partial charge in [0.25, 0.3) is 0 Å². The Balaban J connectivity index is 2.83. The van der Waals surface area contributed by atoms with Crippen LogP contribution in [0.1, 0.15) is 18.4 Å². The fraction of sp³-hybridized carbons (Fsp3) is 0.455. The van der Waals surface area contributed by atoms with Crippen molar-refractivity contribution in [1.82, 2.24) is 0 Å². The van der Waals surface area contributed by atoms with Gasteiger partial charge in [0.15, 0.2) is 11.5 Å². The van der Waals surface area contributed by atoms with E-state index in [1.54, 1.807) is 6.07 Å². The maximum atomic E-state index is 9.65. The van der Waals surface area contributed by atoms with Gasteiger partial charge in [0.2, 0.25) is 0 Å². The van der Waals surface area contributed by atoms with Crippen molar-refractivity contribution in [2.75, 3.05) is 13.7 Å². The number of unbranched alkanes of at least 4 members (excludes halogenated alkanes) is 1. The number of ether oxygens (including phenoxy) is 1. The van der Waals surface area contributed by atoms with Crippen molar-refractivity contribution >= 4 is 11.6 Å². The highest BCUT2D eigenvalue weighted by Gasteiger charge is 2.11. The zero-order valence-electron chi connectivity index (χ0n) is 8.79. The van der Waals surface area contributed by atoms with Crippen LogP contribution in [0.3, 0.4) is 0 Å². The van der Waals surface area contributed by atoms with Gasteiger partial charge in [-0.15, -0.1) is 0 Å². The molecular formula is C11H16ClNO2. The van der Waals surface area contributed by atoms with Crippen molar-refractivity contribution in [1.29, 1.82) is 0 Å². The van der Waals surface area contributed by atoms with Gasteiger partial charge in [-0.05, 0) is 37.4 Å². The van der Waals surface area contributed by atoms with E-state index in [0.29, 0.717) is 17.3 Å². The number of hydrogen-bond donors (Lipinski definition) is 2. The third-order valence-corrected chi connectivity index (χ3v) is 2.57. The van der Waals surface area contributed by atoms with Gasteiger partial charge in [-0.2, -0.15) is 0 Å². The first kappa shape index (κ1) is 12.1. The average Bonchev–Trinajstić information content (AvgIpc) is 2.24. The molecule has 0 saturated heterocycles. The molecule has 1 aromatic rings. The predicted molar refractivity (Wildman–Crippen MR) is 61.7 cm³/mol. The SMILES string of the molecule is COc1c(CCCCN)ccc(Cl)c1O. The summed E-state index contributed by atoms with van der Waals surface area (Å²) in [6.45, 7) is 0.682. The molecule has 0 aliphatic carbocycles. The standard InChI is InChI=1S/C11H16ClNO2/c1-15-11-8(4-2-3-7-13)5-6-9(12)10(11)14/h5-6,14H,2-4,7,13H2,1H3. The van der Waals surface area contributed by atoms with Gasteiger partial charge in [0.05, 0.1) is 12.1 Å². The third kappa shape index (κ3) is 3.01. The number of aromatic hydroxyl groups is 1. The molecule has 1 aromatic carbocycles. The molecule has 0 unspecified atom stereocenters. The molecule has 0 aliphatic rings. The zero-order chi connectivity index (χ0) is 11.3. The van der Waals surface area contributed by atoms with Crippen molar-refractivity contribution in [2.24, 2.45) is 5.73 Å². The van der Waals surface area contributed by atoms with Crippen LogP contribution in [0.5, 0.6) is 11.5 Å². The van der Waals surface area contributed by atoms with E-state index in [0.717, 1.165) is 24.8 Å². The molecule has 1 rings (SSSR count). The van der Waals surface area contributed by atoms with Crippen LogP contribution in [0, 0.1) is 0 Å². The van der Waals surface area contributed by atoms with E-state index in [-0.39, 0.29) is 5.75 Å². The van der Waals surface area contributed by atoms with Crippen LogP contribution in [0.4, 0.5) is 0 Å². The Morgan fingerprint density at radius 3 is 2.73 bits per heavy atom. The highest BCUT2D eigenvalue weighted by atomic mass is 35.5. The number of benzene rings is 1. The average molecular weight is 230 g/mol. The van der Waals surface area contributed by atoms with Crippen LogP contribution in [-0.4, -0.2) is 18.8 Å². The Kier molecular flexibility index (Phi) is 4.72. The van der Waals surface area contributed by atoms with Crippen LogP contribution < -0.4 is 10.5 Å². The molecule has 3 N–H and O–H groups in total. The molecule has 0 atom stereocenters. The maximum absolute atomic E-state index is 9.65. The Bertz CT molecular complexity index is 329. The fourth-order valence-electron chi connectivity index (χ4n) is 1.47. The van der Waals surface area contributed by atoms with Gasteiger partial charge in [0.1, 0.15) is 0 Å². The largest absolute Gasteiger partial charge is 0.503 e. The fourth-order valence-corrected chi connectivity index (χ4v) is 1.62. The van der Waals surface area contributed by atoms with Crippen LogP contribution in [-0.2, 0) is 6.42 Å². The second-order valence-electron chi connectivity index (χ2n) is 3.33. The lowest BCUT2D eigenvalue weighted by Crippen LogP contribution is -2.00. The van der Waals surface area contributed by atoms with E-state index in [2.05, 4.69) is 0 Å². The molecular weight excluding hydrogens is 214 g/mol. The Labute approximate surface area is 94.8 Å². The predicted octanol–water partition coefficient (Wildman–Crippen LogP) is 2.34. The topological polar surface area (TPSA) is 55.5 Å². The lowest BCUT2D eigenvalue weighted by atomic mass is 10.1. The number of methoxy groups -OCH3 is 1. The van der Waals surface area contributed by atoms with Gasteiger partial charge in [-0.25, -0.2) is 0 Å². The quantitative estimate of drug-likeness (QED) is 0.762. The van der Waals surface area contributed by atoms with Crippen LogP contribution in [0.15, 0.2) is 12.1 Å².